The molecule has 140 valence electrons. The van der Waals surface area contributed by atoms with Crippen LogP contribution in [0.3, 0.4) is 0 Å². The van der Waals surface area contributed by atoms with Crippen molar-refractivity contribution in [3.63, 3.8) is 0 Å². The molecule has 1 saturated carbocycles. The van der Waals surface area contributed by atoms with Gasteiger partial charge in [-0.2, -0.15) is 0 Å². The maximum atomic E-state index is 13.0. The first-order valence-corrected chi connectivity index (χ1v) is 10.6. The second-order valence-corrected chi connectivity index (χ2v) is 8.84. The molecule has 1 N–H and O–H groups in total. The standard InChI is InChI=1S/C21H22N2O3S/c1-2-13-23-19-12-11-15(21(24)22-16-7-3-4-8-16)14-18(19)17-9-5-6-10-20(17)27(23,25)26/h2,5-6,9-12,14,16H,1,3-4,7-8,13H2,(H,22,24). The molecule has 1 aliphatic carbocycles. The third kappa shape index (κ3) is 3.04. The number of hydrogen-bond donors (Lipinski definition) is 1. The monoisotopic (exact) mass is 382 g/mol. The summed E-state index contributed by atoms with van der Waals surface area (Å²) in [6.45, 7) is 3.86. The van der Waals surface area contributed by atoms with E-state index in [4.69, 9.17) is 0 Å². The van der Waals surface area contributed by atoms with Gasteiger partial charge in [-0.1, -0.05) is 37.1 Å². The van der Waals surface area contributed by atoms with E-state index in [-0.39, 0.29) is 23.4 Å². The molecule has 5 nitrogen and oxygen atoms in total. The SMILES string of the molecule is C=CCN1c2ccc(C(=O)NC3CCCC3)cc2-c2ccccc2S1(=O)=O. The van der Waals surface area contributed by atoms with Crippen molar-refractivity contribution in [2.75, 3.05) is 10.8 Å². The lowest BCUT2D eigenvalue weighted by molar-refractivity contribution is 0.0938. The van der Waals surface area contributed by atoms with Crippen molar-refractivity contribution in [3.8, 4) is 11.1 Å². The Bertz CT molecular complexity index is 1010. The number of hydrogen-bond acceptors (Lipinski definition) is 3. The Balaban J connectivity index is 1.79. The second-order valence-electron chi connectivity index (χ2n) is 7.01. The fourth-order valence-corrected chi connectivity index (χ4v) is 5.59. The average molecular weight is 382 g/mol. The first-order chi connectivity index (χ1) is 13.0. The highest BCUT2D eigenvalue weighted by molar-refractivity contribution is 7.93. The molecule has 1 amide bonds. The van der Waals surface area contributed by atoms with Crippen LogP contribution in [-0.4, -0.2) is 26.9 Å². The number of fused-ring (bicyclic) bond motifs is 3. The van der Waals surface area contributed by atoms with Crippen molar-refractivity contribution < 1.29 is 13.2 Å². The molecule has 2 aromatic carbocycles. The molecule has 1 fully saturated rings. The highest BCUT2D eigenvalue weighted by Gasteiger charge is 2.34. The van der Waals surface area contributed by atoms with Crippen LogP contribution in [0.2, 0.25) is 0 Å². The molecule has 2 aliphatic rings. The number of rotatable bonds is 4. The number of sulfonamides is 1. The van der Waals surface area contributed by atoms with Crippen LogP contribution in [-0.2, 0) is 10.0 Å². The third-order valence-corrected chi connectivity index (χ3v) is 7.10. The average Bonchev–Trinajstić information content (AvgIpc) is 3.18. The normalized spacial score (nSPS) is 17.9. The largest absolute Gasteiger partial charge is 0.349 e. The Morgan fingerprint density at radius 1 is 1.15 bits per heavy atom. The number of amides is 1. The van der Waals surface area contributed by atoms with Crippen molar-refractivity contribution in [2.45, 2.75) is 36.6 Å². The van der Waals surface area contributed by atoms with E-state index < -0.39 is 10.0 Å². The smallest absolute Gasteiger partial charge is 0.265 e. The van der Waals surface area contributed by atoms with Gasteiger partial charge in [0.2, 0.25) is 0 Å². The summed E-state index contributed by atoms with van der Waals surface area (Å²) in [4.78, 5) is 12.9. The highest BCUT2D eigenvalue weighted by atomic mass is 32.2. The number of nitrogens with zero attached hydrogens (tertiary/aromatic N) is 1. The molecule has 0 bridgehead atoms. The summed E-state index contributed by atoms with van der Waals surface area (Å²) in [7, 11) is -3.65. The lowest BCUT2D eigenvalue weighted by Crippen LogP contribution is -2.35. The van der Waals surface area contributed by atoms with Gasteiger partial charge in [0.05, 0.1) is 17.1 Å². The Kier molecular flexibility index (Phi) is 4.52. The van der Waals surface area contributed by atoms with Gasteiger partial charge in [0.15, 0.2) is 0 Å². The molecule has 0 unspecified atom stereocenters. The van der Waals surface area contributed by atoms with Crippen LogP contribution >= 0.6 is 0 Å². The van der Waals surface area contributed by atoms with Crippen LogP contribution in [0.25, 0.3) is 11.1 Å². The minimum Gasteiger partial charge on any atom is -0.349 e. The van der Waals surface area contributed by atoms with Gasteiger partial charge in [0.25, 0.3) is 15.9 Å². The molecule has 0 saturated heterocycles. The lowest BCUT2D eigenvalue weighted by atomic mass is 9.99. The predicted molar refractivity (Wildman–Crippen MR) is 106 cm³/mol. The van der Waals surface area contributed by atoms with Gasteiger partial charge in [-0.15, -0.1) is 6.58 Å². The maximum Gasteiger partial charge on any atom is 0.265 e. The van der Waals surface area contributed by atoms with Gasteiger partial charge in [-0.25, -0.2) is 8.42 Å². The number of anilines is 1. The van der Waals surface area contributed by atoms with Crippen LogP contribution in [0.15, 0.2) is 60.0 Å². The summed E-state index contributed by atoms with van der Waals surface area (Å²) in [5.74, 6) is -0.106. The molecule has 0 atom stereocenters. The zero-order valence-electron chi connectivity index (χ0n) is 15.0. The fraction of sp³-hybridized carbons (Fsp3) is 0.286. The molecule has 6 heteroatoms. The topological polar surface area (TPSA) is 66.5 Å². The molecule has 0 spiro atoms. The predicted octanol–water partition coefficient (Wildman–Crippen LogP) is 3.72. The summed E-state index contributed by atoms with van der Waals surface area (Å²) in [5, 5.41) is 3.09. The van der Waals surface area contributed by atoms with Gasteiger partial charge in [-0.3, -0.25) is 9.10 Å². The Morgan fingerprint density at radius 2 is 1.89 bits per heavy atom. The minimum atomic E-state index is -3.65. The van der Waals surface area contributed by atoms with Gasteiger partial charge in [0, 0.05) is 22.7 Å². The van der Waals surface area contributed by atoms with Crippen molar-refractivity contribution in [1.82, 2.24) is 5.32 Å². The fourth-order valence-electron chi connectivity index (χ4n) is 3.93. The first kappa shape index (κ1) is 17.8. The number of nitrogens with one attached hydrogen (secondary N) is 1. The molecular formula is C21H22N2O3S. The Labute approximate surface area is 159 Å². The maximum absolute atomic E-state index is 13.0. The molecule has 1 heterocycles. The van der Waals surface area contributed by atoms with Gasteiger partial charge < -0.3 is 5.32 Å². The third-order valence-electron chi connectivity index (χ3n) is 5.26. The molecule has 0 aromatic heterocycles. The van der Waals surface area contributed by atoms with Crippen LogP contribution < -0.4 is 9.62 Å². The van der Waals surface area contributed by atoms with Crippen molar-refractivity contribution >= 4 is 21.6 Å². The highest BCUT2D eigenvalue weighted by Crippen LogP contribution is 2.43. The van der Waals surface area contributed by atoms with Crippen molar-refractivity contribution in [2.24, 2.45) is 0 Å². The summed E-state index contributed by atoms with van der Waals surface area (Å²) in [5.41, 5.74) is 2.50. The van der Waals surface area contributed by atoms with Gasteiger partial charge in [-0.05, 0) is 37.1 Å². The lowest BCUT2D eigenvalue weighted by Gasteiger charge is -2.31. The molecule has 4 rings (SSSR count). The molecule has 27 heavy (non-hydrogen) atoms. The van der Waals surface area contributed by atoms with E-state index in [1.165, 1.54) is 4.31 Å². The first-order valence-electron chi connectivity index (χ1n) is 9.20. The van der Waals surface area contributed by atoms with Crippen LogP contribution in [0, 0.1) is 0 Å². The number of carbonyl (C=O) groups excluding carboxylic acids is 1. The van der Waals surface area contributed by atoms with E-state index in [1.54, 1.807) is 42.5 Å². The minimum absolute atomic E-state index is 0.106. The van der Waals surface area contributed by atoms with E-state index in [0.29, 0.717) is 16.8 Å². The number of carbonyl (C=O) groups is 1. The zero-order valence-corrected chi connectivity index (χ0v) is 15.8. The van der Waals surface area contributed by atoms with Gasteiger partial charge in [0.1, 0.15) is 0 Å². The Morgan fingerprint density at radius 3 is 2.63 bits per heavy atom. The molecule has 2 aromatic rings. The van der Waals surface area contributed by atoms with E-state index >= 15 is 0 Å². The van der Waals surface area contributed by atoms with Crippen molar-refractivity contribution in [1.29, 1.82) is 0 Å². The molecule has 1 aliphatic heterocycles. The van der Waals surface area contributed by atoms with Crippen molar-refractivity contribution in [3.05, 3.63) is 60.7 Å². The summed E-state index contributed by atoms with van der Waals surface area (Å²) in [6, 6.07) is 12.4. The zero-order chi connectivity index (χ0) is 19.0. The van der Waals surface area contributed by atoms with E-state index in [9.17, 15) is 13.2 Å². The summed E-state index contributed by atoms with van der Waals surface area (Å²) >= 11 is 0. The number of benzene rings is 2. The van der Waals surface area contributed by atoms with Crippen LogP contribution in [0.4, 0.5) is 5.69 Å². The van der Waals surface area contributed by atoms with Gasteiger partial charge >= 0.3 is 0 Å². The summed E-state index contributed by atoms with van der Waals surface area (Å²) in [6.07, 6.45) is 5.90. The second kappa shape index (κ2) is 6.85. The van der Waals surface area contributed by atoms with E-state index in [2.05, 4.69) is 11.9 Å². The van der Waals surface area contributed by atoms with Crippen LogP contribution in [0.5, 0.6) is 0 Å². The Hall–Kier alpha value is -2.60. The van der Waals surface area contributed by atoms with E-state index in [1.807, 2.05) is 6.07 Å². The van der Waals surface area contributed by atoms with E-state index in [0.717, 1.165) is 31.2 Å². The van der Waals surface area contributed by atoms with Crippen LogP contribution in [0.1, 0.15) is 36.0 Å². The quantitative estimate of drug-likeness (QED) is 0.820. The molecule has 0 radical (unpaired) electrons. The molecular weight excluding hydrogens is 360 g/mol. The summed E-state index contributed by atoms with van der Waals surface area (Å²) < 4.78 is 27.4.